The Morgan fingerprint density at radius 2 is 1.92 bits per heavy atom. The zero-order chi connectivity index (χ0) is 18.7. The number of thiocarbonyl (C=S) groups is 1. The van der Waals surface area contributed by atoms with E-state index in [1.54, 1.807) is 36.4 Å². The number of oxazole rings is 1. The van der Waals surface area contributed by atoms with Crippen LogP contribution < -0.4 is 16.0 Å². The molecule has 0 aliphatic heterocycles. The van der Waals surface area contributed by atoms with Crippen molar-refractivity contribution in [3.63, 3.8) is 0 Å². The van der Waals surface area contributed by atoms with Gasteiger partial charge in [-0.25, -0.2) is 0 Å². The van der Waals surface area contributed by atoms with Gasteiger partial charge in [-0.05, 0) is 43.4 Å². The molecule has 1 heterocycles. The Morgan fingerprint density at radius 3 is 2.65 bits per heavy atom. The van der Waals surface area contributed by atoms with Crippen molar-refractivity contribution < 1.29 is 14.0 Å². The van der Waals surface area contributed by atoms with Crippen LogP contribution in [0, 0.1) is 6.92 Å². The Hall–Kier alpha value is -3.26. The summed E-state index contributed by atoms with van der Waals surface area (Å²) >= 11 is 5.13. The second kappa shape index (κ2) is 7.32. The number of amides is 2. The standard InChI is InChI=1S/C18H16N4O3S/c1-10-4-3-5-12(8-10)16(24)21-18(26)22-17-20-14-7-6-13(19-11(2)23)9-15(14)25-17/h3-9H,1-2H3,(H,19,23)(H2,20,21,22,24,26). The second-order valence-electron chi connectivity index (χ2n) is 5.66. The van der Waals surface area contributed by atoms with Gasteiger partial charge in [0.05, 0.1) is 0 Å². The Labute approximate surface area is 154 Å². The van der Waals surface area contributed by atoms with Crippen LogP contribution in [0.3, 0.4) is 0 Å². The van der Waals surface area contributed by atoms with E-state index in [2.05, 4.69) is 20.9 Å². The third-order valence-electron chi connectivity index (χ3n) is 3.44. The van der Waals surface area contributed by atoms with Crippen molar-refractivity contribution in [3.8, 4) is 0 Å². The maximum Gasteiger partial charge on any atom is 0.302 e. The molecular weight excluding hydrogens is 352 g/mol. The van der Waals surface area contributed by atoms with Gasteiger partial charge in [-0.3, -0.25) is 20.2 Å². The molecular formula is C18H16N4O3S. The minimum absolute atomic E-state index is 0.0742. The maximum atomic E-state index is 12.2. The van der Waals surface area contributed by atoms with E-state index in [-0.39, 0.29) is 22.9 Å². The number of nitrogens with one attached hydrogen (secondary N) is 3. The van der Waals surface area contributed by atoms with Crippen molar-refractivity contribution >= 4 is 51.9 Å². The predicted octanol–water partition coefficient (Wildman–Crippen LogP) is 3.22. The van der Waals surface area contributed by atoms with Crippen molar-refractivity contribution in [1.82, 2.24) is 10.3 Å². The van der Waals surface area contributed by atoms with Gasteiger partial charge in [0.25, 0.3) is 5.91 Å². The number of nitrogens with zero attached hydrogens (tertiary/aromatic N) is 1. The van der Waals surface area contributed by atoms with Gasteiger partial charge >= 0.3 is 6.01 Å². The molecule has 1 aromatic heterocycles. The molecule has 0 aliphatic rings. The summed E-state index contributed by atoms with van der Waals surface area (Å²) in [6.45, 7) is 3.33. The maximum absolute atomic E-state index is 12.2. The molecule has 0 radical (unpaired) electrons. The fourth-order valence-electron chi connectivity index (χ4n) is 2.35. The molecule has 132 valence electrons. The lowest BCUT2D eigenvalue weighted by atomic mass is 10.1. The third kappa shape index (κ3) is 4.22. The molecule has 0 atom stereocenters. The van der Waals surface area contributed by atoms with E-state index in [9.17, 15) is 9.59 Å². The first-order valence-corrected chi connectivity index (χ1v) is 8.19. The van der Waals surface area contributed by atoms with E-state index in [1.165, 1.54) is 6.92 Å². The summed E-state index contributed by atoms with van der Waals surface area (Å²) in [7, 11) is 0. The largest absolute Gasteiger partial charge is 0.423 e. The van der Waals surface area contributed by atoms with E-state index in [0.29, 0.717) is 22.4 Å². The quantitative estimate of drug-likeness (QED) is 0.614. The van der Waals surface area contributed by atoms with Crippen LogP contribution in [0.5, 0.6) is 0 Å². The molecule has 0 saturated heterocycles. The lowest BCUT2D eigenvalue weighted by Gasteiger charge is -2.07. The van der Waals surface area contributed by atoms with E-state index in [1.807, 2.05) is 13.0 Å². The lowest BCUT2D eigenvalue weighted by Crippen LogP contribution is -2.34. The predicted molar refractivity (Wildman–Crippen MR) is 103 cm³/mol. The monoisotopic (exact) mass is 368 g/mol. The summed E-state index contributed by atoms with van der Waals surface area (Å²) < 4.78 is 5.56. The van der Waals surface area contributed by atoms with Crippen LogP contribution in [-0.2, 0) is 4.79 Å². The van der Waals surface area contributed by atoms with Crippen molar-refractivity contribution in [3.05, 3.63) is 53.6 Å². The number of anilines is 2. The normalized spacial score (nSPS) is 10.4. The highest BCUT2D eigenvalue weighted by Gasteiger charge is 2.12. The second-order valence-corrected chi connectivity index (χ2v) is 6.07. The van der Waals surface area contributed by atoms with E-state index < -0.39 is 0 Å². The molecule has 0 bridgehead atoms. The highest BCUT2D eigenvalue weighted by molar-refractivity contribution is 7.80. The summed E-state index contributed by atoms with van der Waals surface area (Å²) in [6, 6.07) is 12.4. The molecule has 3 rings (SSSR count). The zero-order valence-electron chi connectivity index (χ0n) is 14.1. The Bertz CT molecular complexity index is 1010. The van der Waals surface area contributed by atoms with Crippen molar-refractivity contribution in [2.75, 3.05) is 10.6 Å². The van der Waals surface area contributed by atoms with Crippen molar-refractivity contribution in [2.45, 2.75) is 13.8 Å². The number of aryl methyl sites for hydroxylation is 1. The molecule has 8 heteroatoms. The average molecular weight is 368 g/mol. The van der Waals surface area contributed by atoms with Crippen LogP contribution in [0.4, 0.5) is 11.7 Å². The molecule has 0 unspecified atom stereocenters. The number of fused-ring (bicyclic) bond motifs is 1. The van der Waals surface area contributed by atoms with Crippen LogP contribution in [0.25, 0.3) is 11.1 Å². The van der Waals surface area contributed by atoms with Gasteiger partial charge in [0, 0.05) is 24.2 Å². The Balaban J connectivity index is 1.69. The number of aromatic nitrogens is 1. The van der Waals surface area contributed by atoms with Gasteiger partial charge in [0.1, 0.15) is 5.52 Å². The lowest BCUT2D eigenvalue weighted by molar-refractivity contribution is -0.114. The molecule has 0 fully saturated rings. The summed E-state index contributed by atoms with van der Waals surface area (Å²) in [5, 5.41) is 8.06. The van der Waals surface area contributed by atoms with E-state index >= 15 is 0 Å². The van der Waals surface area contributed by atoms with Crippen LogP contribution >= 0.6 is 12.2 Å². The van der Waals surface area contributed by atoms with E-state index in [4.69, 9.17) is 16.6 Å². The van der Waals surface area contributed by atoms with Gasteiger partial charge in [-0.15, -0.1) is 0 Å². The van der Waals surface area contributed by atoms with E-state index in [0.717, 1.165) is 5.56 Å². The molecule has 2 amide bonds. The summed E-state index contributed by atoms with van der Waals surface area (Å²) in [5.41, 5.74) is 3.15. The number of hydrogen-bond acceptors (Lipinski definition) is 5. The third-order valence-corrected chi connectivity index (χ3v) is 3.64. The number of carbonyl (C=O) groups excluding carboxylic acids is 2. The zero-order valence-corrected chi connectivity index (χ0v) is 14.9. The minimum Gasteiger partial charge on any atom is -0.423 e. The summed E-state index contributed by atoms with van der Waals surface area (Å²) in [6.07, 6.45) is 0. The van der Waals surface area contributed by atoms with Gasteiger partial charge in [-0.2, -0.15) is 4.98 Å². The highest BCUT2D eigenvalue weighted by atomic mass is 32.1. The number of rotatable bonds is 3. The summed E-state index contributed by atoms with van der Waals surface area (Å²) in [4.78, 5) is 27.5. The first kappa shape index (κ1) is 17.6. The highest BCUT2D eigenvalue weighted by Crippen LogP contribution is 2.22. The first-order valence-electron chi connectivity index (χ1n) is 7.78. The van der Waals surface area contributed by atoms with Crippen LogP contribution in [0.2, 0.25) is 0 Å². The smallest absolute Gasteiger partial charge is 0.302 e. The van der Waals surface area contributed by atoms with Gasteiger partial charge in [0.2, 0.25) is 5.91 Å². The van der Waals surface area contributed by atoms with Crippen molar-refractivity contribution in [1.29, 1.82) is 0 Å². The topological polar surface area (TPSA) is 96.3 Å². The van der Waals surface area contributed by atoms with Crippen molar-refractivity contribution in [2.24, 2.45) is 0 Å². The molecule has 0 aliphatic carbocycles. The van der Waals surface area contributed by atoms with Crippen LogP contribution in [-0.4, -0.2) is 21.9 Å². The number of carbonyl (C=O) groups is 2. The number of hydrogen-bond donors (Lipinski definition) is 3. The Kier molecular flexibility index (Phi) is 4.94. The molecule has 26 heavy (non-hydrogen) atoms. The van der Waals surface area contributed by atoms with Gasteiger partial charge in [0.15, 0.2) is 10.7 Å². The molecule has 2 aromatic carbocycles. The SMILES string of the molecule is CC(=O)Nc1ccc2nc(NC(=S)NC(=O)c3cccc(C)c3)oc2c1. The molecule has 7 nitrogen and oxygen atoms in total. The van der Waals surface area contributed by atoms with Crippen LogP contribution in [0.15, 0.2) is 46.9 Å². The first-order chi connectivity index (χ1) is 12.4. The number of benzene rings is 2. The van der Waals surface area contributed by atoms with Gasteiger partial charge in [-0.1, -0.05) is 17.7 Å². The molecule has 0 saturated carbocycles. The fraction of sp³-hybridized carbons (Fsp3) is 0.111. The average Bonchev–Trinajstić information content (AvgIpc) is 2.95. The Morgan fingerprint density at radius 1 is 1.12 bits per heavy atom. The fourth-order valence-corrected chi connectivity index (χ4v) is 2.53. The summed E-state index contributed by atoms with van der Waals surface area (Å²) in [5.74, 6) is -0.502. The molecule has 3 N–H and O–H groups in total. The minimum atomic E-state index is -0.324. The molecule has 0 spiro atoms. The van der Waals surface area contributed by atoms with Gasteiger partial charge < -0.3 is 9.73 Å². The molecule has 3 aromatic rings. The van der Waals surface area contributed by atoms with Crippen LogP contribution in [0.1, 0.15) is 22.8 Å².